The molecule has 0 N–H and O–H groups in total. The summed E-state index contributed by atoms with van der Waals surface area (Å²) in [6.45, 7) is 6.20. The van der Waals surface area contributed by atoms with Gasteiger partial charge >= 0.3 is 38.6 Å². The first kappa shape index (κ1) is 13.4. The third-order valence-electron chi connectivity index (χ3n) is 2.51. The van der Waals surface area contributed by atoms with E-state index >= 15 is 0 Å². The molecule has 0 spiro atoms. The van der Waals surface area contributed by atoms with Gasteiger partial charge in [0.2, 0.25) is 0 Å². The van der Waals surface area contributed by atoms with Crippen LogP contribution in [0.1, 0.15) is 11.1 Å². The zero-order chi connectivity index (χ0) is 12.3. The van der Waals surface area contributed by atoms with Gasteiger partial charge in [-0.05, 0) is 31.1 Å². The molecule has 0 amide bonds. The molecule has 17 heavy (non-hydrogen) atoms. The van der Waals surface area contributed by atoms with Crippen LogP contribution in [-0.2, 0) is 16.5 Å². The SMILES string of the molecule is Cc1ccc([Si]2(C)O[Si]O[Si]O[Si]O2)c(C)c1. The number of rotatable bonds is 1. The lowest BCUT2D eigenvalue weighted by Crippen LogP contribution is -2.55. The van der Waals surface area contributed by atoms with E-state index in [-0.39, 0.29) is 30.0 Å². The first-order valence-corrected chi connectivity index (χ1v) is 9.89. The van der Waals surface area contributed by atoms with E-state index in [0.717, 1.165) is 5.19 Å². The summed E-state index contributed by atoms with van der Waals surface area (Å²) in [5.41, 5.74) is 2.45. The van der Waals surface area contributed by atoms with Crippen LogP contribution in [0.2, 0.25) is 6.55 Å². The van der Waals surface area contributed by atoms with Crippen molar-refractivity contribution in [3.8, 4) is 0 Å². The zero-order valence-electron chi connectivity index (χ0n) is 9.87. The van der Waals surface area contributed by atoms with Crippen molar-refractivity contribution in [1.82, 2.24) is 0 Å². The van der Waals surface area contributed by atoms with E-state index in [1.807, 2.05) is 6.55 Å². The monoisotopic (exact) mass is 296 g/mol. The van der Waals surface area contributed by atoms with Crippen molar-refractivity contribution in [1.29, 1.82) is 0 Å². The number of hydrogen-bond donors (Lipinski definition) is 0. The Balaban J connectivity index is 2.27. The molecule has 0 bridgehead atoms. The summed E-state index contributed by atoms with van der Waals surface area (Å²) in [7, 11) is -2.39. The average molecular weight is 297 g/mol. The van der Waals surface area contributed by atoms with Gasteiger partial charge in [-0.1, -0.05) is 23.8 Å². The van der Waals surface area contributed by atoms with Gasteiger partial charge in [0, 0.05) is 0 Å². The van der Waals surface area contributed by atoms with Gasteiger partial charge in [0.1, 0.15) is 0 Å². The first-order valence-electron chi connectivity index (χ1n) is 5.12. The van der Waals surface area contributed by atoms with Gasteiger partial charge in [-0.25, -0.2) is 0 Å². The zero-order valence-corrected chi connectivity index (χ0v) is 13.9. The fraction of sp³-hybridized carbons (Fsp3) is 0.333. The van der Waals surface area contributed by atoms with Crippen LogP contribution in [0.25, 0.3) is 0 Å². The van der Waals surface area contributed by atoms with Crippen molar-refractivity contribution < 1.29 is 16.5 Å². The summed E-state index contributed by atoms with van der Waals surface area (Å²) >= 11 is 0. The second kappa shape index (κ2) is 5.71. The lowest BCUT2D eigenvalue weighted by atomic mass is 10.2. The van der Waals surface area contributed by atoms with Crippen LogP contribution in [0.3, 0.4) is 0 Å². The van der Waals surface area contributed by atoms with Gasteiger partial charge in [0.15, 0.2) is 0 Å². The third kappa shape index (κ3) is 3.23. The molecule has 88 valence electrons. The van der Waals surface area contributed by atoms with Crippen LogP contribution in [0.4, 0.5) is 0 Å². The second-order valence-electron chi connectivity index (χ2n) is 3.92. The molecule has 0 aliphatic carbocycles. The van der Waals surface area contributed by atoms with E-state index in [0.29, 0.717) is 0 Å². The highest BCUT2D eigenvalue weighted by molar-refractivity contribution is 6.86. The van der Waals surface area contributed by atoms with Gasteiger partial charge < -0.3 is 16.5 Å². The van der Waals surface area contributed by atoms with Crippen molar-refractivity contribution in [3.63, 3.8) is 0 Å². The molecule has 1 fully saturated rings. The smallest absolute Gasteiger partial charge is 0.412 e. The van der Waals surface area contributed by atoms with Crippen LogP contribution < -0.4 is 5.19 Å². The summed E-state index contributed by atoms with van der Waals surface area (Å²) in [4.78, 5) is 0. The predicted octanol–water partition coefficient (Wildman–Crippen LogP) is 0.265. The molecule has 2 rings (SSSR count). The lowest BCUT2D eigenvalue weighted by Gasteiger charge is -2.29. The van der Waals surface area contributed by atoms with E-state index in [1.54, 1.807) is 0 Å². The Morgan fingerprint density at radius 3 is 2.24 bits per heavy atom. The summed E-state index contributed by atoms with van der Waals surface area (Å²) in [5.74, 6) is 0. The molecule has 4 nitrogen and oxygen atoms in total. The van der Waals surface area contributed by atoms with E-state index in [4.69, 9.17) is 16.5 Å². The minimum Gasteiger partial charge on any atom is -0.412 e. The largest absolute Gasteiger partial charge is 0.413 e. The van der Waals surface area contributed by atoms with Gasteiger partial charge in [-0.3, -0.25) is 0 Å². The van der Waals surface area contributed by atoms with Gasteiger partial charge in [0.25, 0.3) is 0 Å². The van der Waals surface area contributed by atoms with Crippen LogP contribution in [0, 0.1) is 13.8 Å². The molecule has 0 aromatic heterocycles. The Bertz CT molecular complexity index is 393. The van der Waals surface area contributed by atoms with Crippen molar-refractivity contribution in [3.05, 3.63) is 29.3 Å². The molecule has 1 aromatic carbocycles. The maximum Gasteiger partial charge on any atom is 0.413 e. The molecule has 1 aromatic rings. The summed E-state index contributed by atoms with van der Waals surface area (Å²) < 4.78 is 22.1. The molecular formula is C9H12O4Si4. The topological polar surface area (TPSA) is 36.9 Å². The fourth-order valence-electron chi connectivity index (χ4n) is 1.71. The lowest BCUT2D eigenvalue weighted by molar-refractivity contribution is 0.320. The Morgan fingerprint density at radius 2 is 1.65 bits per heavy atom. The molecule has 1 saturated heterocycles. The molecule has 8 heteroatoms. The van der Waals surface area contributed by atoms with Crippen molar-refractivity contribution in [2.24, 2.45) is 0 Å². The summed E-state index contributed by atoms with van der Waals surface area (Å²) in [6, 6.07) is 6.33. The standard InChI is InChI=1S/C9H12O4Si4/c1-7-4-5-9(8(2)6-7)17(3)12-15-10-14-11-16-13-17/h4-6H,1-3H3. The summed E-state index contributed by atoms with van der Waals surface area (Å²) in [5, 5.41) is 1.15. The maximum atomic E-state index is 5.83. The second-order valence-corrected chi connectivity index (χ2v) is 10.1. The highest BCUT2D eigenvalue weighted by atomic mass is 28.5. The molecule has 1 aliphatic rings. The van der Waals surface area contributed by atoms with Crippen LogP contribution in [-0.4, -0.2) is 38.6 Å². The minimum absolute atomic E-state index is 0.0106. The first-order chi connectivity index (χ1) is 8.12. The van der Waals surface area contributed by atoms with Crippen molar-refractivity contribution in [2.45, 2.75) is 20.4 Å². The van der Waals surface area contributed by atoms with E-state index in [2.05, 4.69) is 32.0 Å². The average Bonchev–Trinajstić information content (AvgIpc) is 2.24. The molecule has 1 heterocycles. The molecule has 1 aliphatic heterocycles. The minimum atomic E-state index is -2.38. The van der Waals surface area contributed by atoms with Crippen LogP contribution >= 0.6 is 0 Å². The number of aryl methyl sites for hydroxylation is 2. The quantitative estimate of drug-likeness (QED) is 0.697. The van der Waals surface area contributed by atoms with E-state index in [1.165, 1.54) is 11.1 Å². The maximum absolute atomic E-state index is 5.83. The van der Waals surface area contributed by atoms with Crippen LogP contribution in [0.5, 0.6) is 0 Å². The third-order valence-corrected chi connectivity index (χ3v) is 9.17. The molecular weight excluding hydrogens is 284 g/mol. The fourth-order valence-corrected chi connectivity index (χ4v) is 7.47. The molecule has 0 unspecified atom stereocenters. The predicted molar refractivity (Wildman–Crippen MR) is 68.8 cm³/mol. The number of benzene rings is 1. The Labute approximate surface area is 110 Å². The van der Waals surface area contributed by atoms with Gasteiger partial charge in [-0.15, -0.1) is 0 Å². The van der Waals surface area contributed by atoms with Gasteiger partial charge in [0.05, 0.1) is 0 Å². The van der Waals surface area contributed by atoms with E-state index < -0.39 is 8.56 Å². The van der Waals surface area contributed by atoms with Crippen molar-refractivity contribution >= 4 is 43.8 Å². The Morgan fingerprint density at radius 1 is 1.00 bits per heavy atom. The van der Waals surface area contributed by atoms with E-state index in [9.17, 15) is 0 Å². The highest BCUT2D eigenvalue weighted by Crippen LogP contribution is 2.12. The van der Waals surface area contributed by atoms with Crippen molar-refractivity contribution in [2.75, 3.05) is 0 Å². The summed E-state index contributed by atoms with van der Waals surface area (Å²) in [6.07, 6.45) is 0. The molecule has 6 radical (unpaired) electrons. The highest BCUT2D eigenvalue weighted by Gasteiger charge is 2.37. The normalized spacial score (nSPS) is 20.6. The van der Waals surface area contributed by atoms with Crippen LogP contribution in [0.15, 0.2) is 18.2 Å². The Hall–Kier alpha value is -0.0725. The Kier molecular flexibility index (Phi) is 4.49. The molecule has 0 atom stereocenters. The molecule has 0 saturated carbocycles. The number of hydrogen-bond acceptors (Lipinski definition) is 4. The van der Waals surface area contributed by atoms with Gasteiger partial charge in [-0.2, -0.15) is 0 Å².